The third-order valence-electron chi connectivity index (χ3n) is 2.16. The van der Waals surface area contributed by atoms with Gasteiger partial charge in [-0.25, -0.2) is 8.42 Å². The average molecular weight is 265 g/mol. The van der Waals surface area contributed by atoms with E-state index < -0.39 is 33.5 Å². The first-order valence-corrected chi connectivity index (χ1v) is 7.33. The molecule has 0 unspecified atom stereocenters. The van der Waals surface area contributed by atoms with Crippen molar-refractivity contribution in [1.82, 2.24) is 5.32 Å². The van der Waals surface area contributed by atoms with E-state index in [1.54, 1.807) is 0 Å². The fourth-order valence-corrected chi connectivity index (χ4v) is 2.46. The molecule has 0 saturated carbocycles. The first-order chi connectivity index (χ1) is 7.78. The molecule has 1 atom stereocenters. The standard InChI is InChI=1S/C10H19NO5S/c1-3-4-5-6-17(15,16)7-9(12)11-8(2)10(13)14/h8H,3-7H2,1-2H3,(H,11,12)(H,13,14)/t8-/m1/s1. The van der Waals surface area contributed by atoms with Gasteiger partial charge in [-0.15, -0.1) is 0 Å². The Balaban J connectivity index is 4.14. The molecule has 0 fully saturated rings. The molecule has 0 rings (SSSR count). The predicted octanol–water partition coefficient (Wildman–Crippen LogP) is 0.181. The fraction of sp³-hybridized carbons (Fsp3) is 0.800. The van der Waals surface area contributed by atoms with Crippen LogP contribution in [0, 0.1) is 0 Å². The molecule has 0 aliphatic rings. The maximum atomic E-state index is 11.5. The molecule has 0 radical (unpaired) electrons. The van der Waals surface area contributed by atoms with Gasteiger partial charge in [0, 0.05) is 0 Å². The number of carboxylic acid groups (broad SMARTS) is 1. The highest BCUT2D eigenvalue weighted by atomic mass is 32.2. The van der Waals surface area contributed by atoms with Crippen LogP contribution in [0.25, 0.3) is 0 Å². The Morgan fingerprint density at radius 3 is 2.35 bits per heavy atom. The Morgan fingerprint density at radius 2 is 1.88 bits per heavy atom. The normalized spacial score (nSPS) is 13.1. The number of sulfone groups is 1. The number of hydrogen-bond donors (Lipinski definition) is 2. The maximum Gasteiger partial charge on any atom is 0.325 e. The monoisotopic (exact) mass is 265 g/mol. The Hall–Kier alpha value is -1.11. The number of carbonyl (C=O) groups excluding carboxylic acids is 1. The summed E-state index contributed by atoms with van der Waals surface area (Å²) < 4.78 is 22.9. The molecular formula is C10H19NO5S. The summed E-state index contributed by atoms with van der Waals surface area (Å²) in [4.78, 5) is 21.7. The minimum absolute atomic E-state index is 0.0320. The van der Waals surface area contributed by atoms with Crippen LogP contribution in [0.5, 0.6) is 0 Å². The smallest absolute Gasteiger partial charge is 0.325 e. The highest BCUT2D eigenvalue weighted by Gasteiger charge is 2.19. The summed E-state index contributed by atoms with van der Waals surface area (Å²) in [5, 5.41) is 10.6. The molecular weight excluding hydrogens is 246 g/mol. The largest absolute Gasteiger partial charge is 0.480 e. The average Bonchev–Trinajstić information content (AvgIpc) is 2.16. The highest BCUT2D eigenvalue weighted by Crippen LogP contribution is 2.00. The zero-order chi connectivity index (χ0) is 13.5. The summed E-state index contributed by atoms with van der Waals surface area (Å²) >= 11 is 0. The Bertz CT molecular complexity index is 363. The van der Waals surface area contributed by atoms with Gasteiger partial charge in [-0.2, -0.15) is 0 Å². The van der Waals surface area contributed by atoms with E-state index in [0.717, 1.165) is 12.8 Å². The lowest BCUT2D eigenvalue weighted by molar-refractivity contribution is -0.140. The number of rotatable bonds is 8. The topological polar surface area (TPSA) is 101 Å². The molecule has 0 aromatic carbocycles. The number of carboxylic acids is 1. The van der Waals surface area contributed by atoms with Gasteiger partial charge in [0.05, 0.1) is 5.75 Å². The molecule has 17 heavy (non-hydrogen) atoms. The Labute approximate surface area is 101 Å². The number of carbonyl (C=O) groups is 2. The van der Waals surface area contributed by atoms with Crippen molar-refractivity contribution in [2.75, 3.05) is 11.5 Å². The maximum absolute atomic E-state index is 11.5. The van der Waals surface area contributed by atoms with E-state index in [1.165, 1.54) is 6.92 Å². The highest BCUT2D eigenvalue weighted by molar-refractivity contribution is 7.92. The van der Waals surface area contributed by atoms with Crippen LogP contribution in [-0.4, -0.2) is 42.9 Å². The minimum atomic E-state index is -3.43. The summed E-state index contributed by atoms with van der Waals surface area (Å²) in [6.07, 6.45) is 2.23. The second-order valence-electron chi connectivity index (χ2n) is 3.93. The number of nitrogens with one attached hydrogen (secondary N) is 1. The lowest BCUT2D eigenvalue weighted by Crippen LogP contribution is -2.41. The van der Waals surface area contributed by atoms with Crippen molar-refractivity contribution in [3.05, 3.63) is 0 Å². The van der Waals surface area contributed by atoms with Gasteiger partial charge < -0.3 is 10.4 Å². The fourth-order valence-electron chi connectivity index (χ4n) is 1.19. The summed E-state index contributed by atoms with van der Waals surface area (Å²) in [6.45, 7) is 3.23. The van der Waals surface area contributed by atoms with Crippen molar-refractivity contribution < 1.29 is 23.1 Å². The van der Waals surface area contributed by atoms with Crippen LogP contribution in [0.4, 0.5) is 0 Å². The van der Waals surface area contributed by atoms with Crippen LogP contribution in [-0.2, 0) is 19.4 Å². The molecule has 0 aromatic heterocycles. The van der Waals surface area contributed by atoms with Gasteiger partial charge in [0.1, 0.15) is 11.8 Å². The SMILES string of the molecule is CCCCCS(=O)(=O)CC(=O)N[C@H](C)C(=O)O. The van der Waals surface area contributed by atoms with Gasteiger partial charge in [0.25, 0.3) is 0 Å². The molecule has 0 aromatic rings. The molecule has 6 nitrogen and oxygen atoms in total. The van der Waals surface area contributed by atoms with Crippen molar-refractivity contribution in [3.63, 3.8) is 0 Å². The van der Waals surface area contributed by atoms with Gasteiger partial charge in [-0.1, -0.05) is 19.8 Å². The molecule has 1 amide bonds. The molecule has 0 aliphatic carbocycles. The number of hydrogen-bond acceptors (Lipinski definition) is 4. The number of unbranched alkanes of at least 4 members (excludes halogenated alkanes) is 2. The van der Waals surface area contributed by atoms with Crippen LogP contribution in [0.1, 0.15) is 33.1 Å². The minimum Gasteiger partial charge on any atom is -0.480 e. The third kappa shape index (κ3) is 7.73. The van der Waals surface area contributed by atoms with Crippen LogP contribution in [0.3, 0.4) is 0 Å². The van der Waals surface area contributed by atoms with Gasteiger partial charge in [-0.3, -0.25) is 9.59 Å². The molecule has 0 saturated heterocycles. The predicted molar refractivity (Wildman–Crippen MR) is 63.4 cm³/mol. The van der Waals surface area contributed by atoms with E-state index in [-0.39, 0.29) is 5.75 Å². The van der Waals surface area contributed by atoms with E-state index in [0.29, 0.717) is 6.42 Å². The van der Waals surface area contributed by atoms with Crippen LogP contribution in [0.15, 0.2) is 0 Å². The summed E-state index contributed by atoms with van der Waals surface area (Å²) in [6, 6.07) is -1.08. The van der Waals surface area contributed by atoms with Crippen LogP contribution < -0.4 is 5.32 Å². The van der Waals surface area contributed by atoms with Gasteiger partial charge >= 0.3 is 5.97 Å². The molecule has 0 bridgehead atoms. The molecule has 100 valence electrons. The van der Waals surface area contributed by atoms with Crippen molar-refractivity contribution in [1.29, 1.82) is 0 Å². The van der Waals surface area contributed by atoms with Crippen molar-refractivity contribution >= 4 is 21.7 Å². The van der Waals surface area contributed by atoms with E-state index in [9.17, 15) is 18.0 Å². The molecule has 2 N–H and O–H groups in total. The summed E-state index contributed by atoms with van der Waals surface area (Å²) in [5.41, 5.74) is 0. The Kier molecular flexibility index (Phi) is 6.79. The number of aliphatic carboxylic acids is 1. The van der Waals surface area contributed by atoms with Crippen molar-refractivity contribution in [2.45, 2.75) is 39.2 Å². The first kappa shape index (κ1) is 15.9. The zero-order valence-electron chi connectivity index (χ0n) is 10.1. The zero-order valence-corrected chi connectivity index (χ0v) is 10.9. The third-order valence-corrected chi connectivity index (χ3v) is 3.77. The molecule has 0 heterocycles. The summed E-state index contributed by atoms with van der Waals surface area (Å²) in [7, 11) is -3.43. The van der Waals surface area contributed by atoms with E-state index >= 15 is 0 Å². The second kappa shape index (κ2) is 7.26. The lowest BCUT2D eigenvalue weighted by Gasteiger charge is -2.09. The number of amides is 1. The first-order valence-electron chi connectivity index (χ1n) is 5.51. The summed E-state index contributed by atoms with van der Waals surface area (Å²) in [5.74, 6) is -2.64. The van der Waals surface area contributed by atoms with E-state index in [1.807, 2.05) is 6.92 Å². The molecule has 7 heteroatoms. The van der Waals surface area contributed by atoms with Crippen molar-refractivity contribution in [3.8, 4) is 0 Å². The quantitative estimate of drug-likeness (QED) is 0.610. The van der Waals surface area contributed by atoms with Gasteiger partial charge in [0.2, 0.25) is 5.91 Å². The van der Waals surface area contributed by atoms with Gasteiger partial charge in [0.15, 0.2) is 9.84 Å². The van der Waals surface area contributed by atoms with E-state index in [2.05, 4.69) is 5.32 Å². The molecule has 0 spiro atoms. The lowest BCUT2D eigenvalue weighted by atomic mass is 10.3. The molecule has 0 aliphatic heterocycles. The van der Waals surface area contributed by atoms with Crippen molar-refractivity contribution in [2.24, 2.45) is 0 Å². The van der Waals surface area contributed by atoms with Crippen LogP contribution >= 0.6 is 0 Å². The van der Waals surface area contributed by atoms with E-state index in [4.69, 9.17) is 5.11 Å². The second-order valence-corrected chi connectivity index (χ2v) is 6.11. The Morgan fingerprint density at radius 1 is 1.29 bits per heavy atom. The van der Waals surface area contributed by atoms with Crippen LogP contribution in [0.2, 0.25) is 0 Å². The van der Waals surface area contributed by atoms with Gasteiger partial charge in [-0.05, 0) is 13.3 Å².